The van der Waals surface area contributed by atoms with Crippen LogP contribution in [-0.2, 0) is 19.6 Å². The van der Waals surface area contributed by atoms with Crippen LogP contribution in [0.4, 0.5) is 28.4 Å². The van der Waals surface area contributed by atoms with E-state index in [4.69, 9.17) is 18.9 Å². The summed E-state index contributed by atoms with van der Waals surface area (Å²) in [7, 11) is -4.52. The monoisotopic (exact) mass is 688 g/mol. The molecule has 0 bridgehead atoms. The number of ether oxygens (including phenoxy) is 2. The van der Waals surface area contributed by atoms with Gasteiger partial charge >= 0.3 is 0 Å². The lowest BCUT2D eigenvalue weighted by atomic mass is 9.93. The van der Waals surface area contributed by atoms with E-state index < -0.39 is 10.1 Å². The standard InChI is InChI=1S/C39H36N4O6S/c44-50(45,46)38-4-2-1-3-35(38)39-33-15-9-29(40-27-5-11-31(12-6-27)42-17-21-47-22-18-42)25-36(33)49-37-26-30(10-16-34(37)39)41-28-7-13-32(14-8-28)43-19-23-48-24-20-43/h1-16,25-26,40H,17-24H2,(H,44,45,46). The molecular weight excluding hydrogens is 653 g/mol. The maximum absolute atomic E-state index is 12.6. The zero-order valence-corrected chi connectivity index (χ0v) is 28.1. The summed E-state index contributed by atoms with van der Waals surface area (Å²) in [5.41, 5.74) is 7.04. The smallest absolute Gasteiger partial charge is 0.295 e. The van der Waals surface area contributed by atoms with Gasteiger partial charge in [0.15, 0.2) is 0 Å². The molecule has 2 saturated heterocycles. The molecule has 4 aromatic carbocycles. The van der Waals surface area contributed by atoms with Crippen LogP contribution in [0.1, 0.15) is 0 Å². The number of morpholine rings is 2. The number of rotatable bonds is 7. The molecule has 3 heterocycles. The van der Waals surface area contributed by atoms with E-state index in [1.807, 2.05) is 60.7 Å². The van der Waals surface area contributed by atoms with Gasteiger partial charge in [-0.05, 0) is 78.9 Å². The summed E-state index contributed by atoms with van der Waals surface area (Å²) in [4.78, 5) is 9.29. The second kappa shape index (κ2) is 13.6. The first-order valence-corrected chi connectivity index (χ1v) is 18.1. The quantitative estimate of drug-likeness (QED) is 0.134. The number of anilines is 4. The zero-order chi connectivity index (χ0) is 34.1. The lowest BCUT2D eigenvalue weighted by Gasteiger charge is -2.29. The highest BCUT2D eigenvalue weighted by Crippen LogP contribution is 2.43. The van der Waals surface area contributed by atoms with Crippen molar-refractivity contribution in [3.63, 3.8) is 0 Å². The van der Waals surface area contributed by atoms with Gasteiger partial charge in [0.1, 0.15) is 16.2 Å². The van der Waals surface area contributed by atoms with Gasteiger partial charge in [-0.15, -0.1) is 0 Å². The van der Waals surface area contributed by atoms with Gasteiger partial charge in [0.25, 0.3) is 10.1 Å². The molecule has 4 aromatic rings. The molecule has 0 aromatic heterocycles. The van der Waals surface area contributed by atoms with Crippen molar-refractivity contribution in [3.05, 3.63) is 115 Å². The lowest BCUT2D eigenvalue weighted by molar-refractivity contribution is 0.122. The van der Waals surface area contributed by atoms with Crippen molar-refractivity contribution in [1.82, 2.24) is 0 Å². The highest BCUT2D eigenvalue weighted by atomic mass is 32.2. The molecule has 11 heteroatoms. The summed E-state index contributed by atoms with van der Waals surface area (Å²) in [6, 6.07) is 34.2. The number of nitrogens with zero attached hydrogens (tertiary/aromatic N) is 3. The van der Waals surface area contributed by atoms with Gasteiger partial charge < -0.3 is 29.0 Å². The van der Waals surface area contributed by atoms with Crippen LogP contribution in [0.3, 0.4) is 0 Å². The van der Waals surface area contributed by atoms with Crippen LogP contribution >= 0.6 is 0 Å². The first kappa shape index (κ1) is 32.0. The minimum Gasteiger partial charge on any atom is -0.456 e. The van der Waals surface area contributed by atoms with Gasteiger partial charge in [0.2, 0.25) is 0 Å². The molecule has 8 rings (SSSR count). The van der Waals surface area contributed by atoms with Gasteiger partial charge in [-0.3, -0.25) is 4.55 Å². The second-order valence-corrected chi connectivity index (χ2v) is 13.7. The fourth-order valence-electron chi connectivity index (χ4n) is 6.67. The minimum atomic E-state index is -4.52. The molecule has 2 fully saturated rings. The van der Waals surface area contributed by atoms with E-state index in [9.17, 15) is 13.0 Å². The Morgan fingerprint density at radius 1 is 0.660 bits per heavy atom. The van der Waals surface area contributed by atoms with Crippen LogP contribution in [0.5, 0.6) is 0 Å². The number of fused-ring (bicyclic) bond motifs is 2. The van der Waals surface area contributed by atoms with E-state index in [-0.39, 0.29) is 4.90 Å². The SMILES string of the molecule is O=S(=O)(O)c1ccccc1-c1c2ccc(=Nc3ccc(N4CCOCC4)cc3)cc-2oc2cc(Nc3ccc(N4CCOCC4)cc3)ccc12. The van der Waals surface area contributed by atoms with Gasteiger partial charge in [-0.25, -0.2) is 4.99 Å². The Kier molecular flexibility index (Phi) is 8.71. The van der Waals surface area contributed by atoms with E-state index in [0.29, 0.717) is 38.8 Å². The Balaban J connectivity index is 1.20. The Morgan fingerprint density at radius 2 is 1.28 bits per heavy atom. The predicted molar refractivity (Wildman–Crippen MR) is 196 cm³/mol. The van der Waals surface area contributed by atoms with Crippen LogP contribution in [0, 0.1) is 0 Å². The number of hydrogen-bond donors (Lipinski definition) is 2. The van der Waals surface area contributed by atoms with Gasteiger partial charge in [0.05, 0.1) is 37.5 Å². The van der Waals surface area contributed by atoms with Crippen molar-refractivity contribution in [2.24, 2.45) is 4.99 Å². The Labute approximate surface area is 290 Å². The molecule has 0 saturated carbocycles. The molecule has 1 aliphatic carbocycles. The molecule has 0 spiro atoms. The van der Waals surface area contributed by atoms with Crippen LogP contribution in [0.2, 0.25) is 0 Å². The summed E-state index contributed by atoms with van der Waals surface area (Å²) < 4.78 is 52.8. The zero-order valence-electron chi connectivity index (χ0n) is 27.3. The summed E-state index contributed by atoms with van der Waals surface area (Å²) in [5.74, 6) is 0.524. The Morgan fingerprint density at radius 3 is 1.94 bits per heavy atom. The average Bonchev–Trinajstić information content (AvgIpc) is 3.15. The molecule has 4 aliphatic rings. The molecule has 0 atom stereocenters. The maximum atomic E-state index is 12.6. The van der Waals surface area contributed by atoms with E-state index in [2.05, 4.69) is 39.4 Å². The van der Waals surface area contributed by atoms with E-state index in [1.54, 1.807) is 18.2 Å². The van der Waals surface area contributed by atoms with Gasteiger partial charge in [-0.2, -0.15) is 8.42 Å². The number of benzene rings is 5. The van der Waals surface area contributed by atoms with Gasteiger partial charge in [0, 0.05) is 83.1 Å². The summed E-state index contributed by atoms with van der Waals surface area (Å²) in [6.45, 7) is 6.35. The summed E-state index contributed by atoms with van der Waals surface area (Å²) >= 11 is 0. The third kappa shape index (κ3) is 6.68. The molecule has 50 heavy (non-hydrogen) atoms. The van der Waals surface area contributed by atoms with E-state index in [0.717, 1.165) is 81.0 Å². The molecule has 0 amide bonds. The largest absolute Gasteiger partial charge is 0.456 e. The third-order valence-electron chi connectivity index (χ3n) is 9.16. The molecule has 2 N–H and O–H groups in total. The van der Waals surface area contributed by atoms with Crippen LogP contribution in [-0.4, -0.2) is 65.6 Å². The highest BCUT2D eigenvalue weighted by Gasteiger charge is 2.23. The molecule has 0 radical (unpaired) electrons. The fraction of sp³-hybridized carbons (Fsp3) is 0.205. The van der Waals surface area contributed by atoms with Crippen LogP contribution < -0.4 is 20.5 Å². The number of nitrogens with one attached hydrogen (secondary N) is 1. The Bertz CT molecular complexity index is 2290. The van der Waals surface area contributed by atoms with Crippen LogP contribution in [0.15, 0.2) is 123 Å². The van der Waals surface area contributed by atoms with Crippen molar-refractivity contribution in [2.75, 3.05) is 67.7 Å². The predicted octanol–water partition coefficient (Wildman–Crippen LogP) is 7.10. The molecule has 254 valence electrons. The summed E-state index contributed by atoms with van der Waals surface area (Å²) in [6.07, 6.45) is 0. The van der Waals surface area contributed by atoms with E-state index in [1.165, 1.54) is 6.07 Å². The Hall–Kier alpha value is -5.20. The van der Waals surface area contributed by atoms with Crippen molar-refractivity contribution in [1.29, 1.82) is 0 Å². The maximum Gasteiger partial charge on any atom is 0.295 e. The topological polar surface area (TPSA) is 117 Å². The first-order chi connectivity index (χ1) is 24.4. The lowest BCUT2D eigenvalue weighted by Crippen LogP contribution is -2.36. The van der Waals surface area contributed by atoms with Crippen molar-refractivity contribution in [3.8, 4) is 22.5 Å². The van der Waals surface area contributed by atoms with Gasteiger partial charge in [-0.1, -0.05) is 18.2 Å². The van der Waals surface area contributed by atoms with Crippen molar-refractivity contribution < 1.29 is 26.9 Å². The normalized spacial score (nSPS) is 15.9. The van der Waals surface area contributed by atoms with Crippen molar-refractivity contribution >= 4 is 49.5 Å². The van der Waals surface area contributed by atoms with Crippen molar-refractivity contribution in [2.45, 2.75) is 4.90 Å². The minimum absolute atomic E-state index is 0.175. The molecule has 3 aliphatic heterocycles. The highest BCUT2D eigenvalue weighted by molar-refractivity contribution is 7.86. The molecule has 0 unspecified atom stereocenters. The average molecular weight is 689 g/mol. The fourth-order valence-corrected chi connectivity index (χ4v) is 7.37. The molecular formula is C39H36N4O6S. The number of hydrogen-bond acceptors (Lipinski definition) is 9. The van der Waals surface area contributed by atoms with E-state index >= 15 is 0 Å². The third-order valence-corrected chi connectivity index (χ3v) is 10.1. The summed E-state index contributed by atoms with van der Waals surface area (Å²) in [5, 5.41) is 4.86. The van der Waals surface area contributed by atoms with Crippen LogP contribution in [0.25, 0.3) is 33.4 Å². The first-order valence-electron chi connectivity index (χ1n) is 16.6. The second-order valence-electron chi connectivity index (χ2n) is 12.3. The molecule has 10 nitrogen and oxygen atoms in total.